The van der Waals surface area contributed by atoms with Gasteiger partial charge in [-0.2, -0.15) is 11.8 Å². The number of alkyl carbamates (subject to hydrolysis) is 1. The van der Waals surface area contributed by atoms with Crippen LogP contribution in [-0.4, -0.2) is 41.5 Å². The smallest absolute Gasteiger partial charge is 0.407 e. The van der Waals surface area contributed by atoms with E-state index >= 15 is 0 Å². The first-order chi connectivity index (χ1) is 5.74. The first-order valence-corrected chi connectivity index (χ1v) is 5.08. The summed E-state index contributed by atoms with van der Waals surface area (Å²) in [4.78, 5) is 10.9. The molecule has 0 aromatic heterocycles. The predicted octanol–water partition coefficient (Wildman–Crippen LogP) is 0.209. The molecule has 2 atom stereocenters. The van der Waals surface area contributed by atoms with Crippen molar-refractivity contribution >= 4 is 17.9 Å². The van der Waals surface area contributed by atoms with E-state index in [0.29, 0.717) is 12.4 Å². The highest BCUT2D eigenvalue weighted by Crippen LogP contribution is 2.17. The van der Waals surface area contributed by atoms with E-state index < -0.39 is 12.2 Å². The van der Waals surface area contributed by atoms with Crippen LogP contribution in [0.3, 0.4) is 0 Å². The molecule has 0 radical (unpaired) electrons. The molecule has 70 valence electrons. The average Bonchev–Trinajstić information content (AvgIpc) is 2.37. The molecule has 0 saturated carbocycles. The Labute approximate surface area is 75.7 Å². The van der Waals surface area contributed by atoms with Crippen molar-refractivity contribution in [3.05, 3.63) is 0 Å². The van der Waals surface area contributed by atoms with Crippen molar-refractivity contribution in [2.24, 2.45) is 0 Å². The Kier molecular flexibility index (Phi) is 3.68. The standard InChI is InChI=1S/C7H13NO3S/c1-2-11-7(10)8-5-3-12-4-6(5)9/h5-6,9H,2-4H2,1H3,(H,8,10). The van der Waals surface area contributed by atoms with E-state index in [1.165, 1.54) is 0 Å². The summed E-state index contributed by atoms with van der Waals surface area (Å²) in [7, 11) is 0. The number of carbonyl (C=O) groups is 1. The van der Waals surface area contributed by atoms with Crippen LogP contribution in [0.5, 0.6) is 0 Å². The molecule has 0 aromatic rings. The average molecular weight is 191 g/mol. The summed E-state index contributed by atoms with van der Waals surface area (Å²) in [6, 6.07) is -0.144. The molecule has 1 aliphatic rings. The monoisotopic (exact) mass is 191 g/mol. The summed E-state index contributed by atoms with van der Waals surface area (Å²) in [5, 5.41) is 11.9. The Morgan fingerprint density at radius 2 is 2.50 bits per heavy atom. The third-order valence-electron chi connectivity index (χ3n) is 1.63. The molecule has 5 heteroatoms. The highest BCUT2D eigenvalue weighted by Gasteiger charge is 2.27. The van der Waals surface area contributed by atoms with E-state index in [-0.39, 0.29) is 6.04 Å². The van der Waals surface area contributed by atoms with E-state index in [4.69, 9.17) is 0 Å². The lowest BCUT2D eigenvalue weighted by molar-refractivity contribution is 0.127. The van der Waals surface area contributed by atoms with Crippen LogP contribution in [0.15, 0.2) is 0 Å². The van der Waals surface area contributed by atoms with Crippen molar-refractivity contribution in [1.29, 1.82) is 0 Å². The second-order valence-corrected chi connectivity index (χ2v) is 3.65. The third kappa shape index (κ3) is 2.57. The molecule has 1 heterocycles. The van der Waals surface area contributed by atoms with Crippen molar-refractivity contribution in [3.8, 4) is 0 Å². The van der Waals surface area contributed by atoms with Gasteiger partial charge in [0.2, 0.25) is 0 Å². The minimum atomic E-state index is -0.441. The van der Waals surface area contributed by atoms with E-state index in [0.717, 1.165) is 5.75 Å². The first kappa shape index (κ1) is 9.67. The van der Waals surface area contributed by atoms with Gasteiger partial charge in [-0.25, -0.2) is 4.79 Å². The number of hydrogen-bond donors (Lipinski definition) is 2. The van der Waals surface area contributed by atoms with Crippen LogP contribution in [0, 0.1) is 0 Å². The molecule has 2 N–H and O–H groups in total. The third-order valence-corrected chi connectivity index (χ3v) is 2.80. The molecule has 1 fully saturated rings. The summed E-state index contributed by atoms with van der Waals surface area (Å²) in [6.07, 6.45) is -0.872. The molecule has 1 rings (SSSR count). The summed E-state index contributed by atoms with van der Waals surface area (Å²) in [5.41, 5.74) is 0. The SMILES string of the molecule is CCOC(=O)NC1CSCC1O. The van der Waals surface area contributed by atoms with Gasteiger partial charge in [0.1, 0.15) is 0 Å². The zero-order chi connectivity index (χ0) is 8.97. The summed E-state index contributed by atoms with van der Waals surface area (Å²) in [5.74, 6) is 1.46. The topological polar surface area (TPSA) is 58.6 Å². The lowest BCUT2D eigenvalue weighted by atomic mass is 10.2. The number of hydrogen-bond acceptors (Lipinski definition) is 4. The number of nitrogens with one attached hydrogen (secondary N) is 1. The summed E-state index contributed by atoms with van der Waals surface area (Å²) < 4.78 is 4.68. The van der Waals surface area contributed by atoms with E-state index in [9.17, 15) is 9.90 Å². The largest absolute Gasteiger partial charge is 0.450 e. The lowest BCUT2D eigenvalue weighted by Gasteiger charge is -2.14. The van der Waals surface area contributed by atoms with Crippen LogP contribution in [0.2, 0.25) is 0 Å². The quantitative estimate of drug-likeness (QED) is 0.655. The van der Waals surface area contributed by atoms with Gasteiger partial charge < -0.3 is 15.2 Å². The van der Waals surface area contributed by atoms with E-state index in [1.807, 2.05) is 0 Å². The molecular formula is C7H13NO3S. The van der Waals surface area contributed by atoms with Crippen molar-refractivity contribution < 1.29 is 14.6 Å². The van der Waals surface area contributed by atoms with Crippen LogP contribution in [-0.2, 0) is 4.74 Å². The van der Waals surface area contributed by atoms with Gasteiger partial charge in [0.15, 0.2) is 0 Å². The molecule has 0 bridgehead atoms. The molecule has 1 amide bonds. The Morgan fingerprint density at radius 3 is 3.00 bits per heavy atom. The first-order valence-electron chi connectivity index (χ1n) is 3.93. The number of aliphatic hydroxyl groups is 1. The number of amides is 1. The van der Waals surface area contributed by atoms with Crippen LogP contribution in [0.4, 0.5) is 4.79 Å². The molecule has 1 aliphatic heterocycles. The van der Waals surface area contributed by atoms with Crippen LogP contribution in [0.1, 0.15) is 6.92 Å². The number of ether oxygens (including phenoxy) is 1. The van der Waals surface area contributed by atoms with Crippen molar-refractivity contribution in [2.45, 2.75) is 19.1 Å². The second kappa shape index (κ2) is 4.57. The van der Waals surface area contributed by atoms with Gasteiger partial charge in [0.25, 0.3) is 0 Å². The Bertz CT molecular complexity index is 165. The molecule has 0 aromatic carbocycles. The van der Waals surface area contributed by atoms with Gasteiger partial charge in [0.05, 0.1) is 18.8 Å². The molecule has 0 spiro atoms. The maximum absolute atomic E-state index is 10.9. The van der Waals surface area contributed by atoms with Crippen LogP contribution >= 0.6 is 11.8 Å². The van der Waals surface area contributed by atoms with Gasteiger partial charge in [-0.15, -0.1) is 0 Å². The van der Waals surface area contributed by atoms with Crippen LogP contribution < -0.4 is 5.32 Å². The molecule has 12 heavy (non-hydrogen) atoms. The highest BCUT2D eigenvalue weighted by atomic mass is 32.2. The number of rotatable bonds is 2. The zero-order valence-corrected chi connectivity index (χ0v) is 7.76. The van der Waals surface area contributed by atoms with Gasteiger partial charge in [-0.05, 0) is 6.92 Å². The van der Waals surface area contributed by atoms with Crippen molar-refractivity contribution in [2.75, 3.05) is 18.1 Å². The minimum Gasteiger partial charge on any atom is -0.450 e. The Balaban J connectivity index is 2.25. The second-order valence-electron chi connectivity index (χ2n) is 2.58. The fourth-order valence-electron chi connectivity index (χ4n) is 1.00. The summed E-state index contributed by atoms with van der Waals surface area (Å²) in [6.45, 7) is 2.11. The summed E-state index contributed by atoms with van der Waals surface area (Å²) >= 11 is 1.63. The normalized spacial score (nSPS) is 28.5. The molecular weight excluding hydrogens is 178 g/mol. The molecule has 2 unspecified atom stereocenters. The highest BCUT2D eigenvalue weighted by molar-refractivity contribution is 7.99. The zero-order valence-electron chi connectivity index (χ0n) is 6.95. The molecule has 4 nitrogen and oxygen atoms in total. The van der Waals surface area contributed by atoms with Gasteiger partial charge in [0, 0.05) is 11.5 Å². The van der Waals surface area contributed by atoms with Crippen molar-refractivity contribution in [1.82, 2.24) is 5.32 Å². The van der Waals surface area contributed by atoms with E-state index in [2.05, 4.69) is 10.1 Å². The van der Waals surface area contributed by atoms with Crippen molar-refractivity contribution in [3.63, 3.8) is 0 Å². The Hall–Kier alpha value is -0.420. The Morgan fingerprint density at radius 1 is 1.75 bits per heavy atom. The minimum absolute atomic E-state index is 0.144. The van der Waals surface area contributed by atoms with Gasteiger partial charge >= 0.3 is 6.09 Å². The number of aliphatic hydroxyl groups excluding tert-OH is 1. The van der Waals surface area contributed by atoms with Crippen LogP contribution in [0.25, 0.3) is 0 Å². The number of carbonyl (C=O) groups excluding carboxylic acids is 1. The fraction of sp³-hybridized carbons (Fsp3) is 0.857. The van der Waals surface area contributed by atoms with Gasteiger partial charge in [-0.1, -0.05) is 0 Å². The number of thioether (sulfide) groups is 1. The molecule has 0 aliphatic carbocycles. The predicted molar refractivity (Wildman–Crippen MR) is 47.3 cm³/mol. The van der Waals surface area contributed by atoms with Gasteiger partial charge in [-0.3, -0.25) is 0 Å². The molecule has 1 saturated heterocycles. The lowest BCUT2D eigenvalue weighted by Crippen LogP contribution is -2.42. The van der Waals surface area contributed by atoms with E-state index in [1.54, 1.807) is 18.7 Å². The maximum Gasteiger partial charge on any atom is 0.407 e. The fourth-order valence-corrected chi connectivity index (χ4v) is 2.17. The maximum atomic E-state index is 10.9.